The largest absolute Gasteiger partial charge is 0.356 e. The molecular formula is C20H31N5O2. The molecule has 1 spiro atoms. The highest BCUT2D eigenvalue weighted by atomic mass is 16.2. The van der Waals surface area contributed by atoms with Gasteiger partial charge in [-0.1, -0.05) is 0 Å². The molecule has 0 aliphatic carbocycles. The standard InChI is InChI=1S/C20H31N5O2/c1-3-21-18(26)5-9-24-10-7-20(8-11-24)6-4-19(27)25(15-20)14-17-13-22-16(2)12-23-17/h12-13H,3-11,14-15H2,1-2H3,(H,21,26). The van der Waals surface area contributed by atoms with Gasteiger partial charge in [-0.25, -0.2) is 0 Å². The maximum absolute atomic E-state index is 12.4. The smallest absolute Gasteiger partial charge is 0.222 e. The number of hydrogen-bond acceptors (Lipinski definition) is 5. The van der Waals surface area contributed by atoms with Crippen LogP contribution in [0.15, 0.2) is 12.4 Å². The molecule has 2 amide bonds. The summed E-state index contributed by atoms with van der Waals surface area (Å²) in [7, 11) is 0. The number of nitrogens with one attached hydrogen (secondary N) is 1. The molecule has 1 aromatic heterocycles. The summed E-state index contributed by atoms with van der Waals surface area (Å²) in [6.07, 6.45) is 7.87. The molecule has 7 heteroatoms. The average Bonchev–Trinajstić information content (AvgIpc) is 2.67. The number of likely N-dealkylation sites (tertiary alicyclic amines) is 2. The van der Waals surface area contributed by atoms with Crippen molar-refractivity contribution in [2.75, 3.05) is 32.7 Å². The van der Waals surface area contributed by atoms with Gasteiger partial charge < -0.3 is 15.1 Å². The van der Waals surface area contributed by atoms with Crippen LogP contribution in [0.5, 0.6) is 0 Å². The summed E-state index contributed by atoms with van der Waals surface area (Å²) in [5, 5.41) is 2.86. The van der Waals surface area contributed by atoms with Gasteiger partial charge in [0, 0.05) is 38.7 Å². The number of nitrogens with zero attached hydrogens (tertiary/aromatic N) is 4. The van der Waals surface area contributed by atoms with Gasteiger partial charge in [-0.3, -0.25) is 19.6 Å². The zero-order chi connectivity index (χ0) is 19.3. The maximum atomic E-state index is 12.4. The fourth-order valence-corrected chi connectivity index (χ4v) is 4.15. The zero-order valence-corrected chi connectivity index (χ0v) is 16.5. The van der Waals surface area contributed by atoms with Crippen LogP contribution in [0.4, 0.5) is 0 Å². The maximum Gasteiger partial charge on any atom is 0.222 e. The minimum atomic E-state index is 0.131. The highest BCUT2D eigenvalue weighted by molar-refractivity contribution is 5.77. The first-order chi connectivity index (χ1) is 13.0. The quantitative estimate of drug-likeness (QED) is 0.818. The third-order valence-corrected chi connectivity index (χ3v) is 5.88. The summed E-state index contributed by atoms with van der Waals surface area (Å²) in [5.74, 6) is 0.355. The Balaban J connectivity index is 1.52. The highest BCUT2D eigenvalue weighted by Crippen LogP contribution is 2.40. The predicted octanol–water partition coefficient (Wildman–Crippen LogP) is 1.52. The van der Waals surface area contributed by atoms with Crippen molar-refractivity contribution < 1.29 is 9.59 Å². The number of aromatic nitrogens is 2. The van der Waals surface area contributed by atoms with E-state index in [0.29, 0.717) is 25.9 Å². The zero-order valence-electron chi connectivity index (χ0n) is 16.5. The molecule has 2 saturated heterocycles. The summed E-state index contributed by atoms with van der Waals surface area (Å²) in [6.45, 7) is 8.75. The van der Waals surface area contributed by atoms with Crippen molar-refractivity contribution >= 4 is 11.8 Å². The van der Waals surface area contributed by atoms with Crippen LogP contribution in [0.2, 0.25) is 0 Å². The van der Waals surface area contributed by atoms with Gasteiger partial charge in [-0.15, -0.1) is 0 Å². The van der Waals surface area contributed by atoms with E-state index in [0.717, 1.165) is 56.8 Å². The van der Waals surface area contributed by atoms with Gasteiger partial charge in [-0.05, 0) is 51.6 Å². The van der Waals surface area contributed by atoms with Crippen molar-refractivity contribution in [2.45, 2.75) is 52.5 Å². The van der Waals surface area contributed by atoms with Crippen LogP contribution in [0.25, 0.3) is 0 Å². The Kier molecular flexibility index (Phi) is 6.42. The van der Waals surface area contributed by atoms with Crippen molar-refractivity contribution in [2.24, 2.45) is 5.41 Å². The van der Waals surface area contributed by atoms with E-state index in [1.807, 2.05) is 18.7 Å². The first-order valence-corrected chi connectivity index (χ1v) is 10.0. The molecule has 2 fully saturated rings. The number of aryl methyl sites for hydroxylation is 1. The van der Waals surface area contributed by atoms with Crippen LogP contribution >= 0.6 is 0 Å². The van der Waals surface area contributed by atoms with Crippen LogP contribution in [0.1, 0.15) is 50.4 Å². The van der Waals surface area contributed by atoms with Crippen LogP contribution in [0, 0.1) is 12.3 Å². The van der Waals surface area contributed by atoms with Gasteiger partial charge in [0.25, 0.3) is 0 Å². The summed E-state index contributed by atoms with van der Waals surface area (Å²) in [4.78, 5) is 37.1. The molecule has 7 nitrogen and oxygen atoms in total. The average molecular weight is 374 g/mol. The van der Waals surface area contributed by atoms with Gasteiger partial charge in [0.1, 0.15) is 0 Å². The molecule has 0 unspecified atom stereocenters. The van der Waals surface area contributed by atoms with Gasteiger partial charge in [0.15, 0.2) is 0 Å². The van der Waals surface area contributed by atoms with E-state index in [1.165, 1.54) is 0 Å². The fraction of sp³-hybridized carbons (Fsp3) is 0.700. The number of hydrogen-bond donors (Lipinski definition) is 1. The molecule has 0 atom stereocenters. The van der Waals surface area contributed by atoms with Gasteiger partial charge in [0.05, 0.1) is 24.1 Å². The molecule has 0 bridgehead atoms. The number of rotatable bonds is 6. The highest BCUT2D eigenvalue weighted by Gasteiger charge is 2.40. The summed E-state index contributed by atoms with van der Waals surface area (Å²) < 4.78 is 0. The van der Waals surface area contributed by atoms with E-state index < -0.39 is 0 Å². The minimum Gasteiger partial charge on any atom is -0.356 e. The lowest BCUT2D eigenvalue weighted by Crippen LogP contribution is -2.51. The van der Waals surface area contributed by atoms with Gasteiger partial charge in [-0.2, -0.15) is 0 Å². The Bertz CT molecular complexity index is 653. The third kappa shape index (κ3) is 5.25. The lowest BCUT2D eigenvalue weighted by Gasteiger charge is -2.47. The molecular weight excluding hydrogens is 342 g/mol. The van der Waals surface area contributed by atoms with E-state index >= 15 is 0 Å². The lowest BCUT2D eigenvalue weighted by molar-refractivity contribution is -0.140. The van der Waals surface area contributed by atoms with Crippen LogP contribution in [-0.2, 0) is 16.1 Å². The monoisotopic (exact) mass is 373 g/mol. The molecule has 3 rings (SSSR count). The van der Waals surface area contributed by atoms with Gasteiger partial charge in [0.2, 0.25) is 11.8 Å². The second kappa shape index (κ2) is 8.78. The topological polar surface area (TPSA) is 78.4 Å². The molecule has 148 valence electrons. The molecule has 3 heterocycles. The van der Waals surface area contributed by atoms with E-state index in [4.69, 9.17) is 0 Å². The first kappa shape index (κ1) is 19.7. The van der Waals surface area contributed by atoms with Crippen molar-refractivity contribution in [3.05, 3.63) is 23.8 Å². The van der Waals surface area contributed by atoms with E-state index in [-0.39, 0.29) is 17.2 Å². The normalized spacial score (nSPS) is 20.1. The van der Waals surface area contributed by atoms with E-state index in [2.05, 4.69) is 20.2 Å². The molecule has 2 aliphatic heterocycles. The Labute approximate surface area is 161 Å². The number of carbonyl (C=O) groups is 2. The molecule has 0 radical (unpaired) electrons. The Morgan fingerprint density at radius 1 is 1.22 bits per heavy atom. The van der Waals surface area contributed by atoms with Crippen LogP contribution in [0.3, 0.4) is 0 Å². The molecule has 2 aliphatic rings. The lowest BCUT2D eigenvalue weighted by atomic mass is 9.72. The van der Waals surface area contributed by atoms with E-state index in [1.54, 1.807) is 12.4 Å². The first-order valence-electron chi connectivity index (χ1n) is 10.0. The second-order valence-electron chi connectivity index (χ2n) is 7.94. The summed E-state index contributed by atoms with van der Waals surface area (Å²) >= 11 is 0. The molecule has 1 N–H and O–H groups in total. The van der Waals surface area contributed by atoms with E-state index in [9.17, 15) is 9.59 Å². The molecule has 27 heavy (non-hydrogen) atoms. The van der Waals surface area contributed by atoms with Crippen molar-refractivity contribution in [3.8, 4) is 0 Å². The van der Waals surface area contributed by atoms with Crippen molar-refractivity contribution in [1.82, 2.24) is 25.1 Å². The fourth-order valence-electron chi connectivity index (χ4n) is 4.15. The second-order valence-corrected chi connectivity index (χ2v) is 7.94. The number of amides is 2. The SMILES string of the molecule is CCNC(=O)CCN1CCC2(CCC(=O)N(Cc3cnc(C)cn3)C2)CC1. The Hall–Kier alpha value is -2.02. The summed E-state index contributed by atoms with van der Waals surface area (Å²) in [6, 6.07) is 0. The molecule has 0 saturated carbocycles. The summed E-state index contributed by atoms with van der Waals surface area (Å²) in [5.41, 5.74) is 1.96. The minimum absolute atomic E-state index is 0.131. The van der Waals surface area contributed by atoms with Crippen molar-refractivity contribution in [3.63, 3.8) is 0 Å². The number of carbonyl (C=O) groups excluding carboxylic acids is 2. The van der Waals surface area contributed by atoms with Gasteiger partial charge >= 0.3 is 0 Å². The third-order valence-electron chi connectivity index (χ3n) is 5.88. The van der Waals surface area contributed by atoms with Crippen LogP contribution in [-0.4, -0.2) is 64.3 Å². The molecule has 0 aromatic carbocycles. The Morgan fingerprint density at radius 2 is 2.00 bits per heavy atom. The van der Waals surface area contributed by atoms with Crippen LogP contribution < -0.4 is 5.32 Å². The number of piperidine rings is 2. The Morgan fingerprint density at radius 3 is 2.67 bits per heavy atom. The predicted molar refractivity (Wildman–Crippen MR) is 103 cm³/mol. The molecule has 1 aromatic rings. The van der Waals surface area contributed by atoms with Crippen molar-refractivity contribution in [1.29, 1.82) is 0 Å².